The molecule has 1 heterocycles. The van der Waals surface area contributed by atoms with Crippen LogP contribution in [0.2, 0.25) is 13.3 Å². The number of fused-ring (bicyclic) bond motifs is 1. The van der Waals surface area contributed by atoms with Gasteiger partial charge in [0.05, 0.1) is 0 Å². The van der Waals surface area contributed by atoms with Crippen LogP contribution in [0.1, 0.15) is 86.9 Å². The van der Waals surface area contributed by atoms with E-state index in [-0.39, 0.29) is 15.9 Å². The van der Waals surface area contributed by atoms with Crippen molar-refractivity contribution in [3.05, 3.63) is 47.5 Å². The van der Waals surface area contributed by atoms with E-state index in [0.29, 0.717) is 11.1 Å². The summed E-state index contributed by atoms with van der Waals surface area (Å²) in [7, 11) is 0. The molecule has 1 atom stereocenters. The van der Waals surface area contributed by atoms with Gasteiger partial charge in [-0.1, -0.05) is 0 Å². The van der Waals surface area contributed by atoms with Gasteiger partial charge in [-0.3, -0.25) is 0 Å². The molecule has 3 nitrogen and oxygen atoms in total. The molecule has 0 fully saturated rings. The molecule has 0 N–H and O–H groups in total. The molecule has 0 saturated heterocycles. The number of carbonyl (C=O) groups is 2. The zero-order chi connectivity index (χ0) is 20.6. The maximum absolute atomic E-state index is 13.3. The van der Waals surface area contributed by atoms with Gasteiger partial charge >= 0.3 is 176 Å². The van der Waals surface area contributed by atoms with E-state index in [9.17, 15) is 9.59 Å². The first-order valence-electron chi connectivity index (χ1n) is 11.2. The summed E-state index contributed by atoms with van der Waals surface area (Å²) in [6.07, 6.45) is 11.5. The number of unbranched alkanes of at least 4 members (excludes halogenated alkanes) is 3. The Morgan fingerprint density at radius 2 is 1.29 bits per heavy atom. The molecule has 0 spiro atoms. The maximum atomic E-state index is 13.3. The van der Waals surface area contributed by atoms with Gasteiger partial charge < -0.3 is 0 Å². The zero-order valence-corrected chi connectivity index (χ0v) is 21.0. The fraction of sp³-hybridized carbons (Fsp3) is 0.583. The van der Waals surface area contributed by atoms with Crippen LogP contribution in [0.5, 0.6) is 0 Å². The Balaban J connectivity index is 2.51. The third-order valence-corrected chi connectivity index (χ3v) is 22.6. The quantitative estimate of drug-likeness (QED) is 0.188. The van der Waals surface area contributed by atoms with Gasteiger partial charge in [0.15, 0.2) is 0 Å². The number of imide groups is 1. The molecular formula is C24H37NO2Sn. The van der Waals surface area contributed by atoms with E-state index in [2.05, 4.69) is 32.9 Å². The Hall–Kier alpha value is -1.10. The summed E-state index contributed by atoms with van der Waals surface area (Å²) in [5.41, 5.74) is 1.17. The molecule has 1 aliphatic heterocycles. The molecule has 2 amide bonds. The third kappa shape index (κ3) is 4.90. The number of amides is 2. The number of hydrogen-bond donors (Lipinski definition) is 0. The Morgan fingerprint density at radius 3 is 1.64 bits per heavy atom. The second-order valence-corrected chi connectivity index (χ2v) is 21.9. The van der Waals surface area contributed by atoms with Crippen LogP contribution in [-0.4, -0.2) is 39.1 Å². The van der Waals surface area contributed by atoms with Gasteiger partial charge in [-0.05, 0) is 0 Å². The first-order chi connectivity index (χ1) is 13.6. The van der Waals surface area contributed by atoms with E-state index in [1.165, 1.54) is 51.8 Å². The standard InChI is InChI=1S/C12H10NO2.3C4H9.Sn/c1-2-3-8-13-11(14)9-6-4-5-7-10(9)12(13)15;3*1-3-4-2;/h2-8H,1H3;3*1,3-4H2,2H3;/b3-2+;;;;. The van der Waals surface area contributed by atoms with Crippen molar-refractivity contribution in [2.24, 2.45) is 0 Å². The van der Waals surface area contributed by atoms with E-state index in [1.54, 1.807) is 4.90 Å². The number of nitrogens with zero attached hydrogens (tertiary/aromatic N) is 1. The summed E-state index contributed by atoms with van der Waals surface area (Å²) in [5, 5.41) is 0. The molecule has 1 aromatic rings. The average molecular weight is 490 g/mol. The SMILES string of the molecule is C/C=C/[CH](N1C(=O)c2ccccc2C1=O)[Sn]([CH2]CCC)([CH2]CCC)[CH2]CCC. The minimum atomic E-state index is -2.85. The molecule has 1 aliphatic rings. The molecule has 0 aromatic heterocycles. The van der Waals surface area contributed by atoms with Crippen LogP contribution < -0.4 is 0 Å². The summed E-state index contributed by atoms with van der Waals surface area (Å²) in [4.78, 5) is 28.3. The van der Waals surface area contributed by atoms with Gasteiger partial charge in [0.25, 0.3) is 0 Å². The van der Waals surface area contributed by atoms with E-state index in [1.807, 2.05) is 31.2 Å². The van der Waals surface area contributed by atoms with Crippen LogP contribution in [0, 0.1) is 0 Å². The van der Waals surface area contributed by atoms with Crippen molar-refractivity contribution in [1.82, 2.24) is 4.90 Å². The normalized spacial score (nSPS) is 15.5. The molecule has 0 radical (unpaired) electrons. The Morgan fingerprint density at radius 1 is 0.857 bits per heavy atom. The second-order valence-electron chi connectivity index (χ2n) is 8.17. The van der Waals surface area contributed by atoms with Crippen LogP contribution in [0.25, 0.3) is 0 Å². The Bertz CT molecular complexity index is 641. The van der Waals surface area contributed by atoms with Gasteiger partial charge in [-0.25, -0.2) is 0 Å². The van der Waals surface area contributed by atoms with Gasteiger partial charge in [0.2, 0.25) is 0 Å². The summed E-state index contributed by atoms with van der Waals surface area (Å²) in [6.45, 7) is 8.79. The molecule has 0 saturated carbocycles. The van der Waals surface area contributed by atoms with Crippen molar-refractivity contribution < 1.29 is 9.59 Å². The molecule has 1 unspecified atom stereocenters. The van der Waals surface area contributed by atoms with Crippen LogP contribution in [0.15, 0.2) is 36.4 Å². The summed E-state index contributed by atoms with van der Waals surface area (Å²) >= 11 is -2.85. The monoisotopic (exact) mass is 491 g/mol. The fourth-order valence-corrected chi connectivity index (χ4v) is 22.3. The first kappa shape index (κ1) is 23.2. The number of benzene rings is 1. The third-order valence-electron chi connectivity index (χ3n) is 6.19. The minimum absolute atomic E-state index is 0.0383. The molecular weight excluding hydrogens is 453 g/mol. The Labute approximate surface area is 175 Å². The molecule has 1 aromatic carbocycles. The van der Waals surface area contributed by atoms with Crippen molar-refractivity contribution in [3.63, 3.8) is 0 Å². The number of rotatable bonds is 12. The first-order valence-corrected chi connectivity index (χ1v) is 18.9. The average Bonchev–Trinajstić information content (AvgIpc) is 2.97. The summed E-state index contributed by atoms with van der Waals surface area (Å²) < 4.78 is 3.85. The van der Waals surface area contributed by atoms with Crippen molar-refractivity contribution in [3.8, 4) is 0 Å². The number of hydrogen-bond acceptors (Lipinski definition) is 2. The van der Waals surface area contributed by atoms with E-state index in [0.717, 1.165) is 0 Å². The van der Waals surface area contributed by atoms with Crippen LogP contribution in [-0.2, 0) is 0 Å². The van der Waals surface area contributed by atoms with Crippen molar-refractivity contribution >= 4 is 30.2 Å². The van der Waals surface area contributed by atoms with Gasteiger partial charge in [-0.15, -0.1) is 0 Å². The van der Waals surface area contributed by atoms with Crippen LogP contribution in [0.4, 0.5) is 0 Å². The molecule has 28 heavy (non-hydrogen) atoms. The van der Waals surface area contributed by atoms with E-state index in [4.69, 9.17) is 0 Å². The van der Waals surface area contributed by atoms with Crippen LogP contribution in [0.3, 0.4) is 0 Å². The Kier molecular flexibility index (Phi) is 9.25. The molecule has 154 valence electrons. The van der Waals surface area contributed by atoms with E-state index >= 15 is 0 Å². The van der Waals surface area contributed by atoms with Crippen molar-refractivity contribution in [1.29, 1.82) is 0 Å². The number of allylic oxidation sites excluding steroid dienone is 1. The van der Waals surface area contributed by atoms with Crippen molar-refractivity contribution in [2.45, 2.75) is 83.6 Å². The molecule has 4 heteroatoms. The van der Waals surface area contributed by atoms with Gasteiger partial charge in [0, 0.05) is 0 Å². The molecule has 0 bridgehead atoms. The van der Waals surface area contributed by atoms with Gasteiger partial charge in [0.1, 0.15) is 0 Å². The van der Waals surface area contributed by atoms with Crippen molar-refractivity contribution in [2.75, 3.05) is 0 Å². The zero-order valence-electron chi connectivity index (χ0n) is 18.2. The fourth-order valence-electron chi connectivity index (χ4n) is 4.61. The predicted octanol–water partition coefficient (Wildman–Crippen LogP) is 6.62. The van der Waals surface area contributed by atoms with Gasteiger partial charge in [-0.2, -0.15) is 0 Å². The van der Waals surface area contributed by atoms with E-state index < -0.39 is 18.4 Å². The predicted molar refractivity (Wildman–Crippen MR) is 120 cm³/mol. The number of carbonyl (C=O) groups excluding carboxylic acids is 2. The topological polar surface area (TPSA) is 37.4 Å². The summed E-state index contributed by atoms with van der Waals surface area (Å²) in [6, 6.07) is 7.34. The van der Waals surface area contributed by atoms with Crippen LogP contribution >= 0.6 is 0 Å². The molecule has 0 aliphatic carbocycles. The molecule has 2 rings (SSSR count). The summed E-state index contributed by atoms with van der Waals surface area (Å²) in [5.74, 6) is -0.149. The second kappa shape index (κ2) is 11.2.